The van der Waals surface area contributed by atoms with E-state index in [1.807, 2.05) is 0 Å². The first kappa shape index (κ1) is 14.1. The lowest BCUT2D eigenvalue weighted by Gasteiger charge is -2.03. The Morgan fingerprint density at radius 1 is 1.20 bits per heavy atom. The summed E-state index contributed by atoms with van der Waals surface area (Å²) in [6, 6.07) is 6.20. The quantitative estimate of drug-likeness (QED) is 0.774. The lowest BCUT2D eigenvalue weighted by atomic mass is 10.1. The van der Waals surface area contributed by atoms with Gasteiger partial charge in [0.15, 0.2) is 5.82 Å². The van der Waals surface area contributed by atoms with Gasteiger partial charge >= 0.3 is 0 Å². The predicted octanol–water partition coefficient (Wildman–Crippen LogP) is 3.89. The summed E-state index contributed by atoms with van der Waals surface area (Å²) >= 11 is 0. The van der Waals surface area contributed by atoms with Crippen LogP contribution in [0.3, 0.4) is 0 Å². The summed E-state index contributed by atoms with van der Waals surface area (Å²) in [6.07, 6.45) is 8.05. The fourth-order valence-corrected chi connectivity index (χ4v) is 1.96. The number of rotatable bonds is 5. The molecule has 0 spiro atoms. The molecule has 0 aliphatic heterocycles. The van der Waals surface area contributed by atoms with Crippen LogP contribution in [0.2, 0.25) is 0 Å². The average Bonchev–Trinajstić information content (AvgIpc) is 2.48. The fourth-order valence-electron chi connectivity index (χ4n) is 1.96. The Hall–Kier alpha value is -2.28. The van der Waals surface area contributed by atoms with E-state index < -0.39 is 5.82 Å². The Kier molecular flexibility index (Phi) is 4.78. The highest BCUT2D eigenvalue weighted by Gasteiger charge is 2.06. The number of benzene rings is 1. The van der Waals surface area contributed by atoms with Gasteiger partial charge in [0.25, 0.3) is 0 Å². The maximum Gasteiger partial charge on any atom is 0.159 e. The van der Waals surface area contributed by atoms with Crippen molar-refractivity contribution in [3.05, 3.63) is 47.5 Å². The van der Waals surface area contributed by atoms with Crippen LogP contribution in [0.1, 0.15) is 37.3 Å². The maximum atomic E-state index is 13.5. The molecule has 4 heteroatoms. The average molecular weight is 269 g/mol. The van der Waals surface area contributed by atoms with Crippen LogP contribution in [0.25, 0.3) is 11.4 Å². The van der Waals surface area contributed by atoms with Gasteiger partial charge in [-0.25, -0.2) is 14.4 Å². The summed E-state index contributed by atoms with van der Waals surface area (Å²) in [5, 5.41) is 8.70. The Labute approximate surface area is 118 Å². The van der Waals surface area contributed by atoms with E-state index >= 15 is 0 Å². The van der Waals surface area contributed by atoms with Gasteiger partial charge in [0, 0.05) is 18.0 Å². The minimum Gasteiger partial charge on any atom is -0.236 e. The number of unbranched alkanes of at least 4 members (excludes halogenated alkanes) is 2. The van der Waals surface area contributed by atoms with Crippen LogP contribution in [-0.4, -0.2) is 9.97 Å². The zero-order valence-corrected chi connectivity index (χ0v) is 11.4. The number of nitriles is 1. The molecule has 0 saturated carbocycles. The molecule has 1 heterocycles. The number of aryl methyl sites for hydroxylation is 1. The van der Waals surface area contributed by atoms with Gasteiger partial charge in [0.1, 0.15) is 11.9 Å². The number of hydrogen-bond acceptors (Lipinski definition) is 3. The molecule has 2 aromatic rings. The second-order valence-electron chi connectivity index (χ2n) is 4.68. The lowest BCUT2D eigenvalue weighted by molar-refractivity contribution is 0.624. The second-order valence-corrected chi connectivity index (χ2v) is 4.68. The van der Waals surface area contributed by atoms with Crippen molar-refractivity contribution in [2.75, 3.05) is 0 Å². The van der Waals surface area contributed by atoms with E-state index in [1.54, 1.807) is 24.5 Å². The number of halogens is 1. The van der Waals surface area contributed by atoms with Crippen molar-refractivity contribution >= 4 is 0 Å². The van der Waals surface area contributed by atoms with Crippen molar-refractivity contribution < 1.29 is 4.39 Å². The summed E-state index contributed by atoms with van der Waals surface area (Å²) in [6.45, 7) is 2.17. The summed E-state index contributed by atoms with van der Waals surface area (Å²) < 4.78 is 13.5. The van der Waals surface area contributed by atoms with Gasteiger partial charge in [-0.05, 0) is 36.6 Å². The van der Waals surface area contributed by atoms with E-state index in [0.717, 1.165) is 18.4 Å². The summed E-state index contributed by atoms with van der Waals surface area (Å²) in [5.41, 5.74) is 1.71. The van der Waals surface area contributed by atoms with Gasteiger partial charge in [0.2, 0.25) is 0 Å². The topological polar surface area (TPSA) is 49.6 Å². The molecule has 1 aromatic heterocycles. The molecule has 2 rings (SSSR count). The molecule has 1 aromatic carbocycles. The van der Waals surface area contributed by atoms with Crippen molar-refractivity contribution in [2.24, 2.45) is 0 Å². The standard InChI is InChI=1S/C16H16FN3/c1-2-3-4-5-12-10-19-16(20-11-12)13-6-7-14(9-18)15(17)8-13/h6-8,10-11H,2-5H2,1H3. The van der Waals surface area contributed by atoms with Crippen LogP contribution in [0.15, 0.2) is 30.6 Å². The first-order valence-electron chi connectivity index (χ1n) is 6.75. The molecule has 0 amide bonds. The predicted molar refractivity (Wildman–Crippen MR) is 75.4 cm³/mol. The first-order valence-corrected chi connectivity index (χ1v) is 6.75. The van der Waals surface area contributed by atoms with E-state index in [1.165, 1.54) is 25.0 Å². The third kappa shape index (κ3) is 3.39. The minimum atomic E-state index is -0.541. The summed E-state index contributed by atoms with van der Waals surface area (Å²) in [5.74, 6) is -0.0618. The monoisotopic (exact) mass is 269 g/mol. The molecule has 20 heavy (non-hydrogen) atoms. The molecule has 0 N–H and O–H groups in total. The maximum absolute atomic E-state index is 13.5. The Morgan fingerprint density at radius 3 is 2.55 bits per heavy atom. The van der Waals surface area contributed by atoms with E-state index in [2.05, 4.69) is 16.9 Å². The van der Waals surface area contributed by atoms with Gasteiger partial charge in [0.05, 0.1) is 5.56 Å². The zero-order valence-electron chi connectivity index (χ0n) is 11.4. The van der Waals surface area contributed by atoms with Gasteiger partial charge in [-0.1, -0.05) is 19.8 Å². The third-order valence-corrected chi connectivity index (χ3v) is 3.12. The highest BCUT2D eigenvalue weighted by atomic mass is 19.1. The molecule has 0 aliphatic carbocycles. The molecular weight excluding hydrogens is 253 g/mol. The van der Waals surface area contributed by atoms with E-state index in [0.29, 0.717) is 11.4 Å². The van der Waals surface area contributed by atoms with Gasteiger partial charge < -0.3 is 0 Å². The van der Waals surface area contributed by atoms with Crippen molar-refractivity contribution in [1.29, 1.82) is 5.26 Å². The number of hydrogen-bond donors (Lipinski definition) is 0. The van der Waals surface area contributed by atoms with Crippen LogP contribution in [0.5, 0.6) is 0 Å². The largest absolute Gasteiger partial charge is 0.236 e. The molecule has 102 valence electrons. The van der Waals surface area contributed by atoms with Crippen LogP contribution in [0, 0.1) is 17.1 Å². The summed E-state index contributed by atoms with van der Waals surface area (Å²) in [7, 11) is 0. The smallest absolute Gasteiger partial charge is 0.159 e. The molecule has 0 aliphatic rings. The highest BCUT2D eigenvalue weighted by Crippen LogP contribution is 2.18. The molecule has 0 radical (unpaired) electrons. The van der Waals surface area contributed by atoms with Gasteiger partial charge in [-0.3, -0.25) is 0 Å². The van der Waals surface area contributed by atoms with Crippen molar-refractivity contribution in [3.63, 3.8) is 0 Å². The molecule has 0 atom stereocenters. The van der Waals surface area contributed by atoms with Crippen LogP contribution < -0.4 is 0 Å². The van der Waals surface area contributed by atoms with E-state index in [-0.39, 0.29) is 5.56 Å². The molecule has 0 saturated heterocycles. The number of aromatic nitrogens is 2. The van der Waals surface area contributed by atoms with Gasteiger partial charge in [-0.2, -0.15) is 5.26 Å². The summed E-state index contributed by atoms with van der Waals surface area (Å²) in [4.78, 5) is 8.53. The van der Waals surface area contributed by atoms with Crippen molar-refractivity contribution in [2.45, 2.75) is 32.6 Å². The molecule has 0 bridgehead atoms. The van der Waals surface area contributed by atoms with E-state index in [4.69, 9.17) is 5.26 Å². The Morgan fingerprint density at radius 2 is 1.95 bits per heavy atom. The van der Waals surface area contributed by atoms with Crippen molar-refractivity contribution in [3.8, 4) is 17.5 Å². The third-order valence-electron chi connectivity index (χ3n) is 3.12. The van der Waals surface area contributed by atoms with Crippen LogP contribution >= 0.6 is 0 Å². The normalized spacial score (nSPS) is 10.2. The zero-order chi connectivity index (χ0) is 14.4. The van der Waals surface area contributed by atoms with Crippen molar-refractivity contribution in [1.82, 2.24) is 9.97 Å². The first-order chi connectivity index (χ1) is 9.74. The highest BCUT2D eigenvalue weighted by molar-refractivity contribution is 5.56. The Balaban J connectivity index is 2.14. The van der Waals surface area contributed by atoms with Crippen LogP contribution in [0.4, 0.5) is 4.39 Å². The Bertz CT molecular complexity index is 615. The molecule has 0 fully saturated rings. The lowest BCUT2D eigenvalue weighted by Crippen LogP contribution is -1.94. The van der Waals surface area contributed by atoms with Gasteiger partial charge in [-0.15, -0.1) is 0 Å². The molecule has 3 nitrogen and oxygen atoms in total. The number of nitrogens with zero attached hydrogens (tertiary/aromatic N) is 3. The second kappa shape index (κ2) is 6.76. The molecular formula is C16H16FN3. The fraction of sp³-hybridized carbons (Fsp3) is 0.312. The van der Waals surface area contributed by atoms with E-state index in [9.17, 15) is 4.39 Å². The van der Waals surface area contributed by atoms with Crippen LogP contribution in [-0.2, 0) is 6.42 Å². The minimum absolute atomic E-state index is 0.0323. The SMILES string of the molecule is CCCCCc1cnc(-c2ccc(C#N)c(F)c2)nc1. The molecule has 0 unspecified atom stereocenters.